The van der Waals surface area contributed by atoms with Crippen molar-refractivity contribution in [3.63, 3.8) is 0 Å². The molecule has 5 nitrogen and oxygen atoms in total. The number of carbonyl (C=O) groups is 1. The van der Waals surface area contributed by atoms with Crippen LogP contribution in [0.1, 0.15) is 38.6 Å². The molecule has 0 saturated heterocycles. The molecular formula is C19H22N4OS. The molecule has 0 aliphatic rings. The summed E-state index contributed by atoms with van der Waals surface area (Å²) in [6, 6.07) is 5.66. The summed E-state index contributed by atoms with van der Waals surface area (Å²) >= 11 is 1.54. The Kier molecular flexibility index (Phi) is 7.35. The number of hydrogen-bond donors (Lipinski definition) is 1. The fourth-order valence-corrected chi connectivity index (χ4v) is 3.09. The van der Waals surface area contributed by atoms with Crippen molar-refractivity contribution in [2.45, 2.75) is 33.6 Å². The van der Waals surface area contributed by atoms with Crippen LogP contribution in [-0.4, -0.2) is 20.9 Å². The van der Waals surface area contributed by atoms with Gasteiger partial charge >= 0.3 is 0 Å². The van der Waals surface area contributed by atoms with Crippen LogP contribution < -0.4 is 5.32 Å². The molecule has 0 atom stereocenters. The van der Waals surface area contributed by atoms with E-state index < -0.39 is 0 Å². The second-order valence-electron chi connectivity index (χ2n) is 5.54. The van der Waals surface area contributed by atoms with E-state index in [4.69, 9.17) is 0 Å². The zero-order chi connectivity index (χ0) is 18.1. The van der Waals surface area contributed by atoms with Gasteiger partial charge in [-0.05, 0) is 38.0 Å². The van der Waals surface area contributed by atoms with Gasteiger partial charge in [-0.3, -0.25) is 9.78 Å². The molecular weight excluding hydrogens is 332 g/mol. The summed E-state index contributed by atoms with van der Waals surface area (Å²) < 4.78 is 0. The van der Waals surface area contributed by atoms with Crippen molar-refractivity contribution in [2.24, 2.45) is 0 Å². The third-order valence-corrected chi connectivity index (χ3v) is 4.53. The quantitative estimate of drug-likeness (QED) is 0.815. The predicted molar refractivity (Wildman–Crippen MR) is 102 cm³/mol. The van der Waals surface area contributed by atoms with E-state index in [0.717, 1.165) is 27.5 Å². The highest BCUT2D eigenvalue weighted by atomic mass is 32.2. The van der Waals surface area contributed by atoms with Gasteiger partial charge in [-0.2, -0.15) is 0 Å². The normalized spacial score (nSPS) is 11.1. The number of nitrogens with one attached hydrogen (secondary N) is 1. The number of aromatic nitrogens is 3. The highest BCUT2D eigenvalue weighted by molar-refractivity contribution is 8.11. The summed E-state index contributed by atoms with van der Waals surface area (Å²) in [7, 11) is 0. The predicted octanol–water partition coefficient (Wildman–Crippen LogP) is 3.97. The molecule has 2 rings (SSSR count). The SMILES string of the molecule is CC/C=C(\SC(NC(=O)Cc1ncccn1)=C(C)C)c1cccnc1. The molecule has 2 aromatic heterocycles. The minimum atomic E-state index is -0.128. The number of hydrogen-bond acceptors (Lipinski definition) is 5. The first-order valence-corrected chi connectivity index (χ1v) is 8.93. The van der Waals surface area contributed by atoms with E-state index in [1.54, 1.807) is 36.4 Å². The van der Waals surface area contributed by atoms with Crippen molar-refractivity contribution in [1.82, 2.24) is 20.3 Å². The zero-order valence-electron chi connectivity index (χ0n) is 14.7. The van der Waals surface area contributed by atoms with E-state index in [-0.39, 0.29) is 12.3 Å². The highest BCUT2D eigenvalue weighted by Crippen LogP contribution is 2.33. The second-order valence-corrected chi connectivity index (χ2v) is 6.59. The first-order chi connectivity index (χ1) is 12.1. The molecule has 2 aromatic rings. The third kappa shape index (κ3) is 6.15. The van der Waals surface area contributed by atoms with E-state index in [0.29, 0.717) is 5.82 Å². The lowest BCUT2D eigenvalue weighted by Gasteiger charge is -2.14. The van der Waals surface area contributed by atoms with Gasteiger partial charge in [-0.1, -0.05) is 30.8 Å². The van der Waals surface area contributed by atoms with Gasteiger partial charge in [0.2, 0.25) is 5.91 Å². The average molecular weight is 354 g/mol. The maximum atomic E-state index is 12.3. The maximum absolute atomic E-state index is 12.3. The van der Waals surface area contributed by atoms with Gasteiger partial charge in [0.1, 0.15) is 5.82 Å². The van der Waals surface area contributed by atoms with E-state index in [1.807, 2.05) is 32.2 Å². The maximum Gasteiger partial charge on any atom is 0.232 e. The number of rotatable bonds is 7. The smallest absolute Gasteiger partial charge is 0.232 e. The Morgan fingerprint density at radius 2 is 1.96 bits per heavy atom. The van der Waals surface area contributed by atoms with Gasteiger partial charge in [0.25, 0.3) is 0 Å². The molecule has 0 spiro atoms. The Morgan fingerprint density at radius 1 is 1.20 bits per heavy atom. The monoisotopic (exact) mass is 354 g/mol. The number of nitrogens with zero attached hydrogens (tertiary/aromatic N) is 3. The Morgan fingerprint density at radius 3 is 2.56 bits per heavy atom. The van der Waals surface area contributed by atoms with Crippen molar-refractivity contribution >= 4 is 22.6 Å². The number of thioether (sulfide) groups is 1. The Bertz CT molecular complexity index is 754. The van der Waals surface area contributed by atoms with Gasteiger partial charge in [0, 0.05) is 35.3 Å². The van der Waals surface area contributed by atoms with E-state index in [9.17, 15) is 4.79 Å². The summed E-state index contributed by atoms with van der Waals surface area (Å²) in [4.78, 5) is 25.8. The molecule has 25 heavy (non-hydrogen) atoms. The van der Waals surface area contributed by atoms with Crippen LogP contribution in [-0.2, 0) is 11.2 Å². The first kappa shape index (κ1) is 18.9. The Balaban J connectivity index is 2.11. The fourth-order valence-electron chi connectivity index (χ4n) is 2.01. The van der Waals surface area contributed by atoms with Crippen molar-refractivity contribution in [2.75, 3.05) is 0 Å². The van der Waals surface area contributed by atoms with Gasteiger partial charge < -0.3 is 5.32 Å². The van der Waals surface area contributed by atoms with Crippen molar-refractivity contribution in [3.05, 3.63) is 71.1 Å². The van der Waals surface area contributed by atoms with Crippen molar-refractivity contribution in [1.29, 1.82) is 0 Å². The number of carbonyl (C=O) groups excluding carboxylic acids is 1. The van der Waals surface area contributed by atoms with Crippen LogP contribution in [0.5, 0.6) is 0 Å². The number of allylic oxidation sites excluding steroid dienone is 2. The molecule has 0 unspecified atom stereocenters. The molecule has 2 heterocycles. The van der Waals surface area contributed by atoms with E-state index in [2.05, 4.69) is 33.3 Å². The summed E-state index contributed by atoms with van der Waals surface area (Å²) in [5, 5.41) is 3.81. The first-order valence-electron chi connectivity index (χ1n) is 8.11. The van der Waals surface area contributed by atoms with Gasteiger partial charge in [0.15, 0.2) is 0 Å². The minimum absolute atomic E-state index is 0.128. The van der Waals surface area contributed by atoms with Crippen LogP contribution in [0.25, 0.3) is 4.91 Å². The van der Waals surface area contributed by atoms with Crippen LogP contribution in [0, 0.1) is 0 Å². The molecule has 0 radical (unpaired) electrons. The largest absolute Gasteiger partial charge is 0.320 e. The molecule has 0 aliphatic carbocycles. The standard InChI is InChI=1S/C19H22N4OS/c1-4-7-16(15-8-5-9-20-13-15)25-19(14(2)3)23-18(24)12-17-21-10-6-11-22-17/h5-11,13H,4,12H2,1-3H3,(H,23,24)/b16-7-. The second kappa shape index (κ2) is 9.74. The summed E-state index contributed by atoms with van der Waals surface area (Å²) in [6.07, 6.45) is 10.0. The van der Waals surface area contributed by atoms with Crippen molar-refractivity contribution in [3.8, 4) is 0 Å². The van der Waals surface area contributed by atoms with Crippen LogP contribution in [0.2, 0.25) is 0 Å². The Labute approximate surface area is 152 Å². The van der Waals surface area contributed by atoms with Gasteiger partial charge in [-0.15, -0.1) is 0 Å². The molecule has 0 aromatic carbocycles. The molecule has 0 saturated carbocycles. The van der Waals surface area contributed by atoms with Crippen LogP contribution >= 0.6 is 11.8 Å². The number of amides is 1. The molecule has 6 heteroatoms. The lowest BCUT2D eigenvalue weighted by atomic mass is 10.2. The van der Waals surface area contributed by atoms with Crippen molar-refractivity contribution < 1.29 is 4.79 Å². The molecule has 130 valence electrons. The van der Waals surface area contributed by atoms with Crippen LogP contribution in [0.4, 0.5) is 0 Å². The summed E-state index contributed by atoms with van der Waals surface area (Å²) in [5.41, 5.74) is 2.08. The fraction of sp³-hybridized carbons (Fsp3) is 0.263. The lowest BCUT2D eigenvalue weighted by molar-refractivity contribution is -0.119. The van der Waals surface area contributed by atoms with E-state index in [1.165, 1.54) is 0 Å². The van der Waals surface area contributed by atoms with Crippen LogP contribution in [0.15, 0.2) is 59.7 Å². The summed E-state index contributed by atoms with van der Waals surface area (Å²) in [6.45, 7) is 6.05. The summed E-state index contributed by atoms with van der Waals surface area (Å²) in [5.74, 6) is 0.381. The highest BCUT2D eigenvalue weighted by Gasteiger charge is 2.12. The topological polar surface area (TPSA) is 67.8 Å². The lowest BCUT2D eigenvalue weighted by Crippen LogP contribution is -2.24. The van der Waals surface area contributed by atoms with Gasteiger partial charge in [0.05, 0.1) is 11.4 Å². The van der Waals surface area contributed by atoms with Gasteiger partial charge in [-0.25, -0.2) is 9.97 Å². The zero-order valence-corrected chi connectivity index (χ0v) is 15.5. The third-order valence-electron chi connectivity index (χ3n) is 3.19. The molecule has 0 aliphatic heterocycles. The Hall–Kier alpha value is -2.47. The molecule has 1 amide bonds. The average Bonchev–Trinajstić information content (AvgIpc) is 2.62. The van der Waals surface area contributed by atoms with E-state index >= 15 is 0 Å². The minimum Gasteiger partial charge on any atom is -0.320 e. The number of pyridine rings is 1. The molecule has 0 fully saturated rings. The molecule has 0 bridgehead atoms. The van der Waals surface area contributed by atoms with Crippen LogP contribution in [0.3, 0.4) is 0 Å². The molecule has 1 N–H and O–H groups in total.